The van der Waals surface area contributed by atoms with Gasteiger partial charge in [-0.15, -0.1) is 0 Å². The summed E-state index contributed by atoms with van der Waals surface area (Å²) in [5, 5.41) is 4.01. The molecule has 0 fully saturated rings. The third-order valence-corrected chi connectivity index (χ3v) is 4.88. The average molecular weight is 462 g/mol. The molecule has 8 heteroatoms. The summed E-state index contributed by atoms with van der Waals surface area (Å²) < 4.78 is 24.5. The zero-order chi connectivity index (χ0) is 20.6. The van der Waals surface area contributed by atoms with Crippen molar-refractivity contribution in [1.29, 1.82) is 0 Å². The highest BCUT2D eigenvalue weighted by molar-refractivity contribution is 9.10. The molecule has 0 bridgehead atoms. The van der Waals surface area contributed by atoms with Crippen LogP contribution < -0.4 is 0 Å². The molecule has 0 saturated carbocycles. The second-order valence-corrected chi connectivity index (χ2v) is 7.36. The van der Waals surface area contributed by atoms with Gasteiger partial charge < -0.3 is 14.2 Å². The van der Waals surface area contributed by atoms with Gasteiger partial charge in [-0.25, -0.2) is 4.39 Å². The van der Waals surface area contributed by atoms with Crippen molar-refractivity contribution in [3.05, 3.63) is 70.3 Å². The van der Waals surface area contributed by atoms with Crippen LogP contribution in [-0.4, -0.2) is 47.8 Å². The van der Waals surface area contributed by atoms with E-state index in [4.69, 9.17) is 9.26 Å². The highest BCUT2D eigenvalue weighted by Gasteiger charge is 2.16. The Morgan fingerprint density at radius 3 is 2.55 bits per heavy atom. The number of aromatic nitrogens is 2. The maximum absolute atomic E-state index is 13.1. The molecule has 152 valence electrons. The van der Waals surface area contributed by atoms with E-state index in [0.29, 0.717) is 37.8 Å². The molecule has 0 aliphatic heterocycles. The van der Waals surface area contributed by atoms with E-state index >= 15 is 0 Å². The summed E-state index contributed by atoms with van der Waals surface area (Å²) in [5.41, 5.74) is 1.61. The average Bonchev–Trinajstić information content (AvgIpc) is 3.19. The van der Waals surface area contributed by atoms with Crippen LogP contribution in [0.5, 0.6) is 0 Å². The van der Waals surface area contributed by atoms with Crippen molar-refractivity contribution in [3.63, 3.8) is 0 Å². The van der Waals surface area contributed by atoms with Gasteiger partial charge in [0.25, 0.3) is 0 Å². The number of halogens is 2. The summed E-state index contributed by atoms with van der Waals surface area (Å²) in [4.78, 5) is 18.8. The molecule has 0 unspecified atom stereocenters. The maximum Gasteiger partial charge on any atom is 0.228 e. The van der Waals surface area contributed by atoms with E-state index in [1.165, 1.54) is 12.1 Å². The maximum atomic E-state index is 13.1. The van der Waals surface area contributed by atoms with Crippen LogP contribution in [0.25, 0.3) is 11.4 Å². The Morgan fingerprint density at radius 2 is 1.86 bits per heavy atom. The number of carbonyl (C=O) groups is 1. The Bertz CT molecular complexity index is 929. The number of hydrogen-bond donors (Lipinski definition) is 0. The number of hydrogen-bond acceptors (Lipinski definition) is 5. The molecule has 0 radical (unpaired) electrons. The van der Waals surface area contributed by atoms with Crippen LogP contribution in [0.4, 0.5) is 4.39 Å². The van der Waals surface area contributed by atoms with Gasteiger partial charge >= 0.3 is 0 Å². The fourth-order valence-corrected chi connectivity index (χ4v) is 3.02. The molecule has 0 atom stereocenters. The van der Waals surface area contributed by atoms with Crippen molar-refractivity contribution in [1.82, 2.24) is 15.0 Å². The topological polar surface area (TPSA) is 68.5 Å². The van der Waals surface area contributed by atoms with Gasteiger partial charge in [0.15, 0.2) is 0 Å². The normalized spacial score (nSPS) is 10.9. The summed E-state index contributed by atoms with van der Waals surface area (Å²) in [7, 11) is 1.59. The zero-order valence-corrected chi connectivity index (χ0v) is 17.6. The van der Waals surface area contributed by atoms with E-state index < -0.39 is 0 Å². The molecule has 0 spiro atoms. The van der Waals surface area contributed by atoms with E-state index in [1.807, 2.05) is 24.3 Å². The smallest absolute Gasteiger partial charge is 0.228 e. The molecular formula is C21H21BrFN3O3. The first-order valence-corrected chi connectivity index (χ1v) is 9.94. The van der Waals surface area contributed by atoms with Crippen LogP contribution in [0.3, 0.4) is 0 Å². The first-order chi connectivity index (χ1) is 14.0. The minimum atomic E-state index is -0.324. The molecule has 2 aromatic carbocycles. The molecule has 6 nitrogen and oxygen atoms in total. The van der Waals surface area contributed by atoms with Crippen molar-refractivity contribution in [3.8, 4) is 11.4 Å². The summed E-state index contributed by atoms with van der Waals surface area (Å²) in [6.07, 6.45) is 0.625. The largest absolute Gasteiger partial charge is 0.383 e. The molecule has 0 N–H and O–H groups in total. The zero-order valence-electron chi connectivity index (χ0n) is 16.0. The summed E-state index contributed by atoms with van der Waals surface area (Å²) >= 11 is 3.39. The van der Waals surface area contributed by atoms with Gasteiger partial charge in [0.1, 0.15) is 5.82 Å². The molecule has 0 aliphatic rings. The minimum absolute atomic E-state index is 0.0682. The highest BCUT2D eigenvalue weighted by Crippen LogP contribution is 2.19. The third-order valence-electron chi connectivity index (χ3n) is 4.35. The number of ether oxygens (including phenoxy) is 1. The fourth-order valence-electron chi connectivity index (χ4n) is 2.75. The Balaban J connectivity index is 1.62. The lowest BCUT2D eigenvalue weighted by molar-refractivity contribution is -0.131. The Kier molecular flexibility index (Phi) is 7.48. The van der Waals surface area contributed by atoms with E-state index in [1.54, 1.807) is 24.1 Å². The minimum Gasteiger partial charge on any atom is -0.383 e. The molecule has 29 heavy (non-hydrogen) atoms. The molecule has 0 aliphatic carbocycles. The predicted octanol–water partition coefficient (Wildman–Crippen LogP) is 3.90. The van der Waals surface area contributed by atoms with Crippen molar-refractivity contribution in [2.24, 2.45) is 0 Å². The second-order valence-electron chi connectivity index (χ2n) is 6.45. The molecule has 1 amide bonds. The molecule has 3 aromatic rings. The number of methoxy groups -OCH3 is 1. The number of rotatable bonds is 9. The molecule has 1 aromatic heterocycles. The van der Waals surface area contributed by atoms with E-state index in [9.17, 15) is 9.18 Å². The lowest BCUT2D eigenvalue weighted by atomic mass is 10.1. The van der Waals surface area contributed by atoms with Crippen molar-refractivity contribution >= 4 is 21.8 Å². The lowest BCUT2D eigenvalue weighted by Crippen LogP contribution is -2.36. The van der Waals surface area contributed by atoms with Gasteiger partial charge in [-0.3, -0.25) is 4.79 Å². The van der Waals surface area contributed by atoms with Gasteiger partial charge in [0, 0.05) is 36.7 Å². The van der Waals surface area contributed by atoms with Crippen LogP contribution >= 0.6 is 15.9 Å². The SMILES string of the molecule is COCCN(CCc1nc(-c2ccc(Br)cc2)no1)C(=O)Cc1ccc(F)cc1. The molecule has 3 rings (SSSR count). The summed E-state index contributed by atoms with van der Waals surface area (Å²) in [6.45, 7) is 1.29. The Hall–Kier alpha value is -2.58. The lowest BCUT2D eigenvalue weighted by Gasteiger charge is -2.21. The van der Waals surface area contributed by atoms with Crippen LogP contribution in [0.15, 0.2) is 57.5 Å². The van der Waals surface area contributed by atoms with Gasteiger partial charge in [-0.2, -0.15) is 4.98 Å². The molecule has 0 saturated heterocycles. The molecule has 1 heterocycles. The van der Waals surface area contributed by atoms with Crippen molar-refractivity contribution in [2.45, 2.75) is 12.8 Å². The van der Waals surface area contributed by atoms with Gasteiger partial charge in [-0.1, -0.05) is 33.2 Å². The van der Waals surface area contributed by atoms with Gasteiger partial charge in [0.2, 0.25) is 17.6 Å². The van der Waals surface area contributed by atoms with Crippen LogP contribution in [0.2, 0.25) is 0 Å². The Morgan fingerprint density at radius 1 is 1.14 bits per heavy atom. The standard InChI is InChI=1S/C21H21BrFN3O3/c1-28-13-12-26(20(27)14-15-2-8-18(23)9-3-15)11-10-19-24-21(25-29-19)16-4-6-17(22)7-5-16/h2-9H,10-14H2,1H3. The third kappa shape index (κ3) is 6.20. The second kappa shape index (κ2) is 10.3. The van der Waals surface area contributed by atoms with Crippen LogP contribution in [-0.2, 0) is 22.4 Å². The number of carbonyl (C=O) groups excluding carboxylic acids is 1. The van der Waals surface area contributed by atoms with Gasteiger partial charge in [-0.05, 0) is 42.0 Å². The van der Waals surface area contributed by atoms with E-state index in [-0.39, 0.29) is 18.1 Å². The van der Waals surface area contributed by atoms with Gasteiger partial charge in [0.05, 0.1) is 13.0 Å². The monoisotopic (exact) mass is 461 g/mol. The number of nitrogens with zero attached hydrogens (tertiary/aromatic N) is 3. The quantitative estimate of drug-likeness (QED) is 0.483. The Labute approximate surface area is 176 Å². The predicted molar refractivity (Wildman–Crippen MR) is 110 cm³/mol. The number of amides is 1. The summed E-state index contributed by atoms with van der Waals surface area (Å²) in [5.74, 6) is 0.574. The van der Waals surface area contributed by atoms with Crippen molar-refractivity contribution < 1.29 is 18.4 Å². The van der Waals surface area contributed by atoms with E-state index in [2.05, 4.69) is 26.1 Å². The first-order valence-electron chi connectivity index (χ1n) is 9.15. The molecular weight excluding hydrogens is 441 g/mol. The van der Waals surface area contributed by atoms with Crippen molar-refractivity contribution in [2.75, 3.05) is 26.8 Å². The highest BCUT2D eigenvalue weighted by atomic mass is 79.9. The first kappa shape index (κ1) is 21.1. The number of benzene rings is 2. The summed E-state index contributed by atoms with van der Waals surface area (Å²) in [6, 6.07) is 13.5. The van der Waals surface area contributed by atoms with Crippen LogP contribution in [0, 0.1) is 5.82 Å². The van der Waals surface area contributed by atoms with E-state index in [0.717, 1.165) is 15.6 Å². The van der Waals surface area contributed by atoms with Crippen LogP contribution in [0.1, 0.15) is 11.5 Å². The fraction of sp³-hybridized carbons (Fsp3) is 0.286.